The number of nitrogens with one attached hydrogen (secondary N) is 1. The summed E-state index contributed by atoms with van der Waals surface area (Å²) in [5.74, 6) is -1.46. The van der Waals surface area contributed by atoms with E-state index in [0.29, 0.717) is 36.7 Å². The van der Waals surface area contributed by atoms with E-state index in [-0.39, 0.29) is 30.1 Å². The van der Waals surface area contributed by atoms with Gasteiger partial charge in [0.15, 0.2) is 0 Å². The van der Waals surface area contributed by atoms with E-state index in [1.807, 2.05) is 41.3 Å². The molecule has 1 amide bonds. The lowest BCUT2D eigenvalue weighted by molar-refractivity contribution is -0.164. The molecule has 0 radical (unpaired) electrons. The number of amides is 1. The fourth-order valence-electron chi connectivity index (χ4n) is 6.17. The highest BCUT2D eigenvalue weighted by Crippen LogP contribution is 2.47. The van der Waals surface area contributed by atoms with E-state index in [0.717, 1.165) is 30.4 Å². The van der Waals surface area contributed by atoms with Gasteiger partial charge in [-0.2, -0.15) is 0 Å². The molecule has 1 aliphatic carbocycles. The highest BCUT2D eigenvalue weighted by molar-refractivity contribution is 5.87. The molecule has 2 aliphatic rings. The number of carbonyl (C=O) groups is 2. The zero-order chi connectivity index (χ0) is 23.0. The van der Waals surface area contributed by atoms with Gasteiger partial charge in [-0.3, -0.25) is 9.59 Å². The van der Waals surface area contributed by atoms with Crippen molar-refractivity contribution in [2.75, 3.05) is 6.54 Å². The van der Waals surface area contributed by atoms with Crippen molar-refractivity contribution in [2.45, 2.75) is 56.9 Å². The Morgan fingerprint density at radius 1 is 1.09 bits per heavy atom. The average Bonchev–Trinajstić information content (AvgIpc) is 3.27. The van der Waals surface area contributed by atoms with Gasteiger partial charge in [0.1, 0.15) is 5.82 Å². The van der Waals surface area contributed by atoms with E-state index in [1.54, 1.807) is 12.3 Å². The number of rotatable bonds is 5. The first-order chi connectivity index (χ1) is 16.0. The summed E-state index contributed by atoms with van der Waals surface area (Å²) in [6.45, 7) is 0.586. The van der Waals surface area contributed by atoms with Crippen LogP contribution in [0.4, 0.5) is 4.39 Å². The third-order valence-corrected chi connectivity index (χ3v) is 7.77. The molecule has 1 saturated carbocycles. The normalized spacial score (nSPS) is 23.8. The summed E-state index contributed by atoms with van der Waals surface area (Å²) < 4.78 is 14.8. The summed E-state index contributed by atoms with van der Waals surface area (Å²) in [5.41, 5.74) is 1.57. The van der Waals surface area contributed by atoms with E-state index < -0.39 is 11.4 Å². The van der Waals surface area contributed by atoms with Crippen molar-refractivity contribution in [3.8, 4) is 0 Å². The van der Waals surface area contributed by atoms with E-state index >= 15 is 0 Å². The van der Waals surface area contributed by atoms with Crippen LogP contribution in [0, 0.1) is 11.2 Å². The monoisotopic (exact) mass is 448 g/mol. The summed E-state index contributed by atoms with van der Waals surface area (Å²) in [6, 6.07) is 14.4. The van der Waals surface area contributed by atoms with E-state index in [1.165, 1.54) is 6.07 Å². The minimum atomic E-state index is -0.832. The molecule has 1 aliphatic heterocycles. The number of hydrogen-bond acceptors (Lipinski definition) is 2. The van der Waals surface area contributed by atoms with Crippen LogP contribution in [0.25, 0.3) is 10.9 Å². The molecule has 1 aromatic heterocycles. The predicted octanol–water partition coefficient (Wildman–Crippen LogP) is 5.47. The first-order valence-electron chi connectivity index (χ1n) is 11.8. The second-order valence-corrected chi connectivity index (χ2v) is 9.49. The molecule has 33 heavy (non-hydrogen) atoms. The fraction of sp³-hybridized carbons (Fsp3) is 0.407. The Labute approximate surface area is 192 Å². The van der Waals surface area contributed by atoms with Gasteiger partial charge in [0.05, 0.1) is 5.41 Å². The zero-order valence-electron chi connectivity index (χ0n) is 18.6. The number of hydrogen-bond donors (Lipinski definition) is 2. The van der Waals surface area contributed by atoms with Crippen LogP contribution >= 0.6 is 0 Å². The van der Waals surface area contributed by atoms with E-state index in [2.05, 4.69) is 4.98 Å². The average molecular weight is 449 g/mol. The minimum Gasteiger partial charge on any atom is -0.481 e. The molecule has 1 saturated heterocycles. The molecule has 6 heteroatoms. The molecule has 2 aromatic carbocycles. The quantitative estimate of drug-likeness (QED) is 0.544. The van der Waals surface area contributed by atoms with Crippen molar-refractivity contribution in [1.82, 2.24) is 9.88 Å². The van der Waals surface area contributed by atoms with Gasteiger partial charge in [0, 0.05) is 42.0 Å². The second-order valence-electron chi connectivity index (χ2n) is 9.49. The second kappa shape index (κ2) is 8.65. The molecular formula is C27H29FN2O3. The lowest BCUT2D eigenvalue weighted by Gasteiger charge is -2.50. The topological polar surface area (TPSA) is 73.4 Å². The number of likely N-dealkylation sites (tertiary alicyclic amines) is 1. The van der Waals surface area contributed by atoms with Crippen LogP contribution in [-0.4, -0.2) is 39.5 Å². The number of nitrogens with zero attached hydrogens (tertiary/aromatic N) is 1. The third kappa shape index (κ3) is 3.71. The number of fused-ring (bicyclic) bond motifs is 2. The Morgan fingerprint density at radius 2 is 1.88 bits per heavy atom. The van der Waals surface area contributed by atoms with Gasteiger partial charge in [0.25, 0.3) is 0 Å². The Bertz CT molecular complexity index is 1170. The Morgan fingerprint density at radius 3 is 2.67 bits per heavy atom. The molecule has 2 N–H and O–H groups in total. The highest BCUT2D eigenvalue weighted by Gasteiger charge is 2.52. The highest BCUT2D eigenvalue weighted by atomic mass is 19.1. The number of aromatic amines is 1. The summed E-state index contributed by atoms with van der Waals surface area (Å²) in [7, 11) is 0. The number of aliphatic carboxylic acids is 1. The molecule has 3 unspecified atom stereocenters. The maximum atomic E-state index is 14.8. The lowest BCUT2D eigenvalue weighted by Crippen LogP contribution is -2.59. The van der Waals surface area contributed by atoms with Gasteiger partial charge in [-0.25, -0.2) is 4.39 Å². The van der Waals surface area contributed by atoms with Gasteiger partial charge < -0.3 is 15.0 Å². The SMILES string of the molecule is O=C(CC(c1ccccc1)c1c[nH]c2cccc(F)c12)N1CCCC2(C(=O)O)CCCCC12. The smallest absolute Gasteiger partial charge is 0.311 e. The number of aromatic nitrogens is 1. The molecule has 2 heterocycles. The number of benzene rings is 2. The summed E-state index contributed by atoms with van der Waals surface area (Å²) in [6.07, 6.45) is 6.51. The van der Waals surface area contributed by atoms with E-state index in [9.17, 15) is 19.1 Å². The van der Waals surface area contributed by atoms with Crippen molar-refractivity contribution in [3.63, 3.8) is 0 Å². The van der Waals surface area contributed by atoms with Crippen molar-refractivity contribution in [2.24, 2.45) is 5.41 Å². The van der Waals surface area contributed by atoms with Crippen LogP contribution in [-0.2, 0) is 9.59 Å². The number of H-pyrrole nitrogens is 1. The molecule has 5 rings (SSSR count). The number of carbonyl (C=O) groups excluding carboxylic acids is 1. The van der Waals surface area contributed by atoms with Crippen molar-refractivity contribution in [3.05, 3.63) is 71.7 Å². The molecular weight excluding hydrogens is 419 g/mol. The molecule has 3 atom stereocenters. The van der Waals surface area contributed by atoms with Gasteiger partial charge >= 0.3 is 5.97 Å². The first-order valence-corrected chi connectivity index (χ1v) is 11.8. The zero-order valence-corrected chi connectivity index (χ0v) is 18.6. The Kier molecular flexibility index (Phi) is 5.69. The third-order valence-electron chi connectivity index (χ3n) is 7.77. The van der Waals surface area contributed by atoms with Crippen LogP contribution in [0.2, 0.25) is 0 Å². The van der Waals surface area contributed by atoms with Gasteiger partial charge in [0.2, 0.25) is 5.91 Å². The maximum Gasteiger partial charge on any atom is 0.311 e. The molecule has 0 spiro atoms. The van der Waals surface area contributed by atoms with Gasteiger partial charge in [-0.05, 0) is 48.9 Å². The lowest BCUT2D eigenvalue weighted by atomic mass is 9.65. The van der Waals surface area contributed by atoms with Crippen molar-refractivity contribution in [1.29, 1.82) is 0 Å². The van der Waals surface area contributed by atoms with Crippen LogP contribution < -0.4 is 0 Å². The van der Waals surface area contributed by atoms with Crippen molar-refractivity contribution < 1.29 is 19.1 Å². The van der Waals surface area contributed by atoms with Crippen LogP contribution in [0.15, 0.2) is 54.7 Å². The first kappa shape index (κ1) is 21.7. The summed E-state index contributed by atoms with van der Waals surface area (Å²) >= 11 is 0. The summed E-state index contributed by atoms with van der Waals surface area (Å²) in [4.78, 5) is 31.0. The largest absolute Gasteiger partial charge is 0.481 e. The number of halogens is 1. The molecule has 3 aromatic rings. The molecule has 172 valence electrons. The number of carboxylic acids is 1. The Balaban J connectivity index is 1.51. The van der Waals surface area contributed by atoms with Gasteiger partial charge in [-0.15, -0.1) is 0 Å². The van der Waals surface area contributed by atoms with Gasteiger partial charge in [-0.1, -0.05) is 49.2 Å². The van der Waals surface area contributed by atoms with Crippen molar-refractivity contribution >= 4 is 22.8 Å². The number of piperidine rings is 1. The Hall–Kier alpha value is -3.15. The predicted molar refractivity (Wildman–Crippen MR) is 124 cm³/mol. The number of carboxylic acid groups (broad SMARTS) is 1. The summed E-state index contributed by atoms with van der Waals surface area (Å²) in [5, 5.41) is 10.6. The maximum absolute atomic E-state index is 14.8. The van der Waals surface area contributed by atoms with Crippen LogP contribution in [0.1, 0.15) is 62.0 Å². The molecule has 5 nitrogen and oxygen atoms in total. The molecule has 2 fully saturated rings. The van der Waals surface area contributed by atoms with Crippen LogP contribution in [0.3, 0.4) is 0 Å². The van der Waals surface area contributed by atoms with E-state index in [4.69, 9.17) is 0 Å². The van der Waals surface area contributed by atoms with Crippen LogP contribution in [0.5, 0.6) is 0 Å². The fourth-order valence-corrected chi connectivity index (χ4v) is 6.17. The standard InChI is InChI=1S/C27H29FN2O3/c28-21-10-6-11-22-25(21)20(17-29-22)19(18-8-2-1-3-9-18)16-24(31)30-15-7-14-27(26(32)33)13-5-4-12-23(27)30/h1-3,6,8-11,17,19,23,29H,4-5,7,12-16H2,(H,32,33). The molecule has 0 bridgehead atoms. The minimum absolute atomic E-state index is 0.0493.